The molecule has 0 radical (unpaired) electrons. The molecule has 0 aliphatic carbocycles. The van der Waals surface area contributed by atoms with E-state index in [2.05, 4.69) is 20.5 Å². The molecule has 0 fully saturated rings. The van der Waals surface area contributed by atoms with E-state index < -0.39 is 11.5 Å². The van der Waals surface area contributed by atoms with Crippen molar-refractivity contribution in [2.45, 2.75) is 0 Å². The first-order valence-electron chi connectivity index (χ1n) is 12.0. The van der Waals surface area contributed by atoms with Gasteiger partial charge in [-0.15, -0.1) is 0 Å². The van der Waals surface area contributed by atoms with Gasteiger partial charge in [-0.2, -0.15) is 10.4 Å². The fourth-order valence-corrected chi connectivity index (χ4v) is 3.63. The number of H-pyrrole nitrogens is 1. The van der Waals surface area contributed by atoms with Crippen molar-refractivity contribution < 1.29 is 23.7 Å². The Labute approximate surface area is 229 Å². The molecule has 1 heterocycles. The summed E-state index contributed by atoms with van der Waals surface area (Å²) in [6.45, 7) is 0.469. The lowest BCUT2D eigenvalue weighted by molar-refractivity contribution is 0.0600. The van der Waals surface area contributed by atoms with Gasteiger partial charge in [0.25, 0.3) is 5.56 Å². The second-order valence-corrected chi connectivity index (χ2v) is 8.11. The summed E-state index contributed by atoms with van der Waals surface area (Å²) in [4.78, 5) is 30.9. The molecule has 11 nitrogen and oxygen atoms in total. The van der Waals surface area contributed by atoms with Crippen molar-refractivity contribution in [3.05, 3.63) is 99.8 Å². The molecule has 0 atom stereocenters. The van der Waals surface area contributed by atoms with Crippen molar-refractivity contribution in [2.75, 3.05) is 32.9 Å². The third kappa shape index (κ3) is 6.81. The lowest BCUT2D eigenvalue weighted by Crippen LogP contribution is -2.16. The first kappa shape index (κ1) is 27.4. The van der Waals surface area contributed by atoms with Gasteiger partial charge in [-0.25, -0.2) is 15.2 Å². The number of ether oxygens (including phenoxy) is 4. The van der Waals surface area contributed by atoms with E-state index in [1.54, 1.807) is 66.7 Å². The zero-order valence-electron chi connectivity index (χ0n) is 21.7. The summed E-state index contributed by atoms with van der Waals surface area (Å²) < 4.78 is 21.6. The largest absolute Gasteiger partial charge is 0.493 e. The number of anilines is 1. The number of hydrogen-bond acceptors (Lipinski definition) is 10. The van der Waals surface area contributed by atoms with Gasteiger partial charge in [0.2, 0.25) is 5.95 Å². The summed E-state index contributed by atoms with van der Waals surface area (Å²) in [5.74, 6) is 1.15. The van der Waals surface area contributed by atoms with E-state index in [4.69, 9.17) is 18.9 Å². The van der Waals surface area contributed by atoms with Crippen molar-refractivity contribution in [1.82, 2.24) is 9.97 Å². The maximum Gasteiger partial charge on any atom is 0.337 e. The topological polar surface area (TPSA) is 148 Å². The smallest absolute Gasteiger partial charge is 0.337 e. The molecule has 0 bridgehead atoms. The predicted octanol–water partition coefficient (Wildman–Crippen LogP) is 4.01. The first-order valence-corrected chi connectivity index (χ1v) is 12.0. The molecule has 4 rings (SSSR count). The van der Waals surface area contributed by atoms with Gasteiger partial charge in [0.05, 0.1) is 31.7 Å². The highest BCUT2D eigenvalue weighted by atomic mass is 16.5. The number of carbonyl (C=O) groups is 1. The number of aromatic amines is 1. The minimum Gasteiger partial charge on any atom is -0.493 e. The number of aromatic nitrogens is 2. The molecule has 40 heavy (non-hydrogen) atoms. The third-order valence-corrected chi connectivity index (χ3v) is 5.51. The molecule has 0 saturated heterocycles. The van der Waals surface area contributed by atoms with Crippen LogP contribution in [-0.2, 0) is 4.74 Å². The fraction of sp³-hybridized carbons (Fsp3) is 0.138. The lowest BCUT2D eigenvalue weighted by atomic mass is 10.1. The Morgan fingerprint density at radius 3 is 2.58 bits per heavy atom. The Morgan fingerprint density at radius 2 is 1.82 bits per heavy atom. The Hall–Kier alpha value is -5.63. The van der Waals surface area contributed by atoms with Crippen LogP contribution in [0.4, 0.5) is 5.95 Å². The summed E-state index contributed by atoms with van der Waals surface area (Å²) in [7, 11) is 2.84. The summed E-state index contributed by atoms with van der Waals surface area (Å²) in [5.41, 5.74) is 4.02. The van der Waals surface area contributed by atoms with Crippen LogP contribution in [0.25, 0.3) is 11.3 Å². The maximum atomic E-state index is 12.4. The van der Waals surface area contributed by atoms with E-state index in [0.717, 1.165) is 0 Å². The summed E-state index contributed by atoms with van der Waals surface area (Å²) in [6.07, 6.45) is 1.52. The quantitative estimate of drug-likeness (QED) is 0.125. The van der Waals surface area contributed by atoms with Gasteiger partial charge in [-0.05, 0) is 42.0 Å². The molecule has 1 aromatic heterocycles. The summed E-state index contributed by atoms with van der Waals surface area (Å²) in [6, 6.07) is 22.8. The van der Waals surface area contributed by atoms with Gasteiger partial charge in [0, 0.05) is 5.56 Å². The highest BCUT2D eigenvalue weighted by Gasteiger charge is 2.13. The molecule has 2 N–H and O–H groups in total. The number of hydrazone groups is 1. The van der Waals surface area contributed by atoms with Crippen LogP contribution >= 0.6 is 0 Å². The van der Waals surface area contributed by atoms with Crippen LogP contribution in [0.2, 0.25) is 0 Å². The second kappa shape index (κ2) is 13.3. The number of esters is 1. The molecule has 0 aliphatic rings. The van der Waals surface area contributed by atoms with E-state index in [1.807, 2.05) is 12.1 Å². The van der Waals surface area contributed by atoms with Crippen LogP contribution in [-0.4, -0.2) is 49.6 Å². The molecule has 0 saturated carbocycles. The van der Waals surface area contributed by atoms with Crippen LogP contribution in [0.1, 0.15) is 21.5 Å². The Balaban J connectivity index is 1.37. The predicted molar refractivity (Wildman–Crippen MR) is 148 cm³/mol. The van der Waals surface area contributed by atoms with E-state index >= 15 is 0 Å². The summed E-state index contributed by atoms with van der Waals surface area (Å²) >= 11 is 0. The molecule has 0 unspecified atom stereocenters. The number of rotatable bonds is 11. The van der Waals surface area contributed by atoms with Gasteiger partial charge < -0.3 is 18.9 Å². The minimum absolute atomic E-state index is 0.0823. The van der Waals surface area contributed by atoms with Crippen molar-refractivity contribution in [2.24, 2.45) is 5.10 Å². The molecular weight excluding hydrogens is 514 g/mol. The van der Waals surface area contributed by atoms with E-state index in [9.17, 15) is 14.9 Å². The molecule has 0 spiro atoms. The molecule has 11 heteroatoms. The number of nitrogens with zero attached hydrogens (tertiary/aromatic N) is 3. The number of benzene rings is 3. The normalized spacial score (nSPS) is 10.5. The lowest BCUT2D eigenvalue weighted by Gasteiger charge is -2.12. The summed E-state index contributed by atoms with van der Waals surface area (Å²) in [5, 5.41) is 13.5. The van der Waals surface area contributed by atoms with Gasteiger partial charge in [0.15, 0.2) is 11.5 Å². The molecular formula is C29H25N5O6. The molecule has 0 aliphatic heterocycles. The van der Waals surface area contributed by atoms with Crippen molar-refractivity contribution >= 4 is 18.1 Å². The van der Waals surface area contributed by atoms with E-state index in [0.29, 0.717) is 33.9 Å². The van der Waals surface area contributed by atoms with Gasteiger partial charge >= 0.3 is 5.97 Å². The average molecular weight is 540 g/mol. The van der Waals surface area contributed by atoms with E-state index in [-0.39, 0.29) is 30.4 Å². The number of carbonyl (C=O) groups excluding carboxylic acids is 1. The van der Waals surface area contributed by atoms with Crippen LogP contribution in [0.3, 0.4) is 0 Å². The van der Waals surface area contributed by atoms with Gasteiger partial charge in [-0.3, -0.25) is 9.78 Å². The third-order valence-electron chi connectivity index (χ3n) is 5.51. The molecule has 3 aromatic carbocycles. The Morgan fingerprint density at radius 1 is 1.02 bits per heavy atom. The van der Waals surface area contributed by atoms with E-state index in [1.165, 1.54) is 20.4 Å². The first-order chi connectivity index (χ1) is 19.5. The number of nitriles is 1. The monoisotopic (exact) mass is 539 g/mol. The highest BCUT2D eigenvalue weighted by molar-refractivity contribution is 5.89. The van der Waals surface area contributed by atoms with Crippen LogP contribution in [0, 0.1) is 11.3 Å². The Kier molecular flexibility index (Phi) is 9.08. The number of hydrogen-bond donors (Lipinski definition) is 2. The molecule has 202 valence electrons. The standard InChI is InChI=1S/C29H25N5O6/c1-37-25-15-19(11-12-24(25)40-14-13-39-22-10-6-9-21(16-22)28(36)38-2)18-31-34-29-32-26(20-7-4-3-5-8-20)23(17-30)27(35)33-29/h3-12,15-16,18H,13-14H2,1-2H3,(H2,32,33,34,35). The van der Waals surface area contributed by atoms with Crippen molar-refractivity contribution in [3.8, 4) is 34.6 Å². The molecule has 4 aromatic rings. The number of nitrogens with one attached hydrogen (secondary N) is 2. The van der Waals surface area contributed by atoms with Gasteiger partial charge in [-0.1, -0.05) is 36.4 Å². The zero-order chi connectivity index (χ0) is 28.3. The minimum atomic E-state index is -0.572. The highest BCUT2D eigenvalue weighted by Crippen LogP contribution is 2.27. The van der Waals surface area contributed by atoms with Crippen LogP contribution < -0.4 is 25.2 Å². The second-order valence-electron chi connectivity index (χ2n) is 8.11. The van der Waals surface area contributed by atoms with Gasteiger partial charge in [0.1, 0.15) is 30.6 Å². The SMILES string of the molecule is COC(=O)c1cccc(OCCOc2ccc(C=NNc3nc(-c4ccccc4)c(C#N)c(=O)[nH]3)cc2OC)c1. The van der Waals surface area contributed by atoms with Crippen LogP contribution in [0.5, 0.6) is 17.2 Å². The van der Waals surface area contributed by atoms with Crippen molar-refractivity contribution in [3.63, 3.8) is 0 Å². The Bertz CT molecular complexity index is 1610. The maximum absolute atomic E-state index is 12.4. The zero-order valence-corrected chi connectivity index (χ0v) is 21.7. The van der Waals surface area contributed by atoms with Crippen molar-refractivity contribution in [1.29, 1.82) is 5.26 Å². The fourth-order valence-electron chi connectivity index (χ4n) is 3.63. The average Bonchev–Trinajstić information content (AvgIpc) is 2.99. The molecule has 0 amide bonds. The van der Waals surface area contributed by atoms with Crippen LogP contribution in [0.15, 0.2) is 82.7 Å². The number of methoxy groups -OCH3 is 2.